The lowest BCUT2D eigenvalue weighted by Gasteiger charge is -2.27. The minimum atomic E-state index is 0.285. The molecule has 2 rings (SSSR count). The molecule has 1 saturated carbocycles. The Morgan fingerprint density at radius 3 is 3.06 bits per heavy atom. The van der Waals surface area contributed by atoms with Crippen LogP contribution in [0.15, 0.2) is 18.5 Å². The number of ether oxygens (including phenoxy) is 1. The van der Waals surface area contributed by atoms with Crippen molar-refractivity contribution >= 4 is 6.29 Å². The number of carbonyl (C=O) groups excluding carboxylic acids is 1. The summed E-state index contributed by atoms with van der Waals surface area (Å²) >= 11 is 0. The van der Waals surface area contributed by atoms with Crippen LogP contribution < -0.4 is 4.74 Å². The first-order valence-electron chi connectivity index (χ1n) is 5.85. The third-order valence-corrected chi connectivity index (χ3v) is 3.06. The van der Waals surface area contributed by atoms with E-state index in [1.165, 1.54) is 12.8 Å². The highest BCUT2D eigenvalue weighted by Crippen LogP contribution is 2.27. The van der Waals surface area contributed by atoms with Gasteiger partial charge in [-0.15, -0.1) is 0 Å². The quantitative estimate of drug-likeness (QED) is 0.734. The SMILES string of the molecule is CC1CCCC(Oc2cncc(C=O)c2)C1. The molecule has 0 aromatic carbocycles. The number of hydrogen-bond donors (Lipinski definition) is 0. The highest BCUT2D eigenvalue weighted by atomic mass is 16.5. The van der Waals surface area contributed by atoms with Gasteiger partial charge in [-0.05, 0) is 31.2 Å². The largest absolute Gasteiger partial charge is 0.489 e. The average Bonchev–Trinajstić information content (AvgIpc) is 2.29. The number of nitrogens with zero attached hydrogens (tertiary/aromatic N) is 1. The number of hydrogen-bond acceptors (Lipinski definition) is 3. The maximum Gasteiger partial charge on any atom is 0.151 e. The van der Waals surface area contributed by atoms with Crippen molar-refractivity contribution in [3.63, 3.8) is 0 Å². The van der Waals surface area contributed by atoms with Gasteiger partial charge < -0.3 is 4.74 Å². The summed E-state index contributed by atoms with van der Waals surface area (Å²) in [6.45, 7) is 2.26. The summed E-state index contributed by atoms with van der Waals surface area (Å²) in [5.74, 6) is 1.45. The first kappa shape index (κ1) is 11.1. The van der Waals surface area contributed by atoms with Crippen molar-refractivity contribution in [3.8, 4) is 5.75 Å². The molecular weight excluding hydrogens is 202 g/mol. The minimum Gasteiger partial charge on any atom is -0.489 e. The zero-order valence-electron chi connectivity index (χ0n) is 9.56. The Kier molecular flexibility index (Phi) is 3.54. The minimum absolute atomic E-state index is 0.285. The van der Waals surface area contributed by atoms with Crippen molar-refractivity contribution in [2.24, 2.45) is 5.92 Å². The van der Waals surface area contributed by atoms with Gasteiger partial charge in [-0.1, -0.05) is 13.3 Å². The number of pyridine rings is 1. The normalized spacial score (nSPS) is 25.1. The first-order valence-corrected chi connectivity index (χ1v) is 5.85. The molecule has 0 bridgehead atoms. The number of aromatic nitrogens is 1. The molecule has 3 nitrogen and oxygen atoms in total. The fraction of sp³-hybridized carbons (Fsp3) is 0.538. The van der Waals surface area contributed by atoms with E-state index >= 15 is 0 Å². The van der Waals surface area contributed by atoms with Crippen LogP contribution in [0.25, 0.3) is 0 Å². The Balaban J connectivity index is 1.99. The average molecular weight is 219 g/mol. The molecule has 16 heavy (non-hydrogen) atoms. The molecule has 1 aromatic heterocycles. The van der Waals surface area contributed by atoms with Crippen molar-refractivity contribution in [3.05, 3.63) is 24.0 Å². The summed E-state index contributed by atoms with van der Waals surface area (Å²) < 4.78 is 5.85. The molecule has 0 amide bonds. The van der Waals surface area contributed by atoms with Gasteiger partial charge in [-0.25, -0.2) is 0 Å². The number of rotatable bonds is 3. The zero-order chi connectivity index (χ0) is 11.4. The Morgan fingerprint density at radius 2 is 2.31 bits per heavy atom. The van der Waals surface area contributed by atoms with Crippen LogP contribution in [-0.2, 0) is 0 Å². The van der Waals surface area contributed by atoms with Crippen molar-refractivity contribution in [1.29, 1.82) is 0 Å². The molecule has 0 spiro atoms. The molecule has 0 radical (unpaired) electrons. The predicted molar refractivity (Wildman–Crippen MR) is 61.7 cm³/mol. The van der Waals surface area contributed by atoms with Crippen LogP contribution in [0.1, 0.15) is 43.0 Å². The molecule has 1 aliphatic carbocycles. The van der Waals surface area contributed by atoms with Crippen LogP contribution in [0.3, 0.4) is 0 Å². The van der Waals surface area contributed by atoms with E-state index in [4.69, 9.17) is 4.74 Å². The van der Waals surface area contributed by atoms with E-state index in [1.54, 1.807) is 18.5 Å². The lowest BCUT2D eigenvalue weighted by molar-refractivity contribution is 0.111. The van der Waals surface area contributed by atoms with Gasteiger partial charge in [0.05, 0.1) is 12.3 Å². The van der Waals surface area contributed by atoms with E-state index in [0.29, 0.717) is 11.3 Å². The summed E-state index contributed by atoms with van der Waals surface area (Å²) in [6.07, 6.45) is 9.03. The topological polar surface area (TPSA) is 39.2 Å². The van der Waals surface area contributed by atoms with Gasteiger partial charge in [0, 0.05) is 11.8 Å². The van der Waals surface area contributed by atoms with Gasteiger partial charge >= 0.3 is 0 Å². The van der Waals surface area contributed by atoms with Gasteiger partial charge in [0.15, 0.2) is 6.29 Å². The number of carbonyl (C=O) groups is 1. The lowest BCUT2D eigenvalue weighted by atomic mass is 9.89. The molecule has 1 fully saturated rings. The molecule has 2 unspecified atom stereocenters. The van der Waals surface area contributed by atoms with Gasteiger partial charge in [0.2, 0.25) is 0 Å². The van der Waals surface area contributed by atoms with E-state index in [9.17, 15) is 4.79 Å². The summed E-state index contributed by atoms with van der Waals surface area (Å²) in [4.78, 5) is 14.6. The van der Waals surface area contributed by atoms with Gasteiger partial charge in [-0.3, -0.25) is 9.78 Å². The van der Waals surface area contributed by atoms with E-state index in [1.807, 2.05) is 0 Å². The molecule has 1 heterocycles. The molecule has 3 heteroatoms. The first-order chi connectivity index (χ1) is 7.78. The zero-order valence-corrected chi connectivity index (χ0v) is 9.56. The van der Waals surface area contributed by atoms with Crippen molar-refractivity contribution in [1.82, 2.24) is 4.98 Å². The van der Waals surface area contributed by atoms with Gasteiger partial charge in [-0.2, -0.15) is 0 Å². The van der Waals surface area contributed by atoms with Crippen LogP contribution >= 0.6 is 0 Å². The molecule has 0 saturated heterocycles. The highest BCUT2D eigenvalue weighted by Gasteiger charge is 2.20. The predicted octanol–water partition coefficient (Wildman–Crippen LogP) is 2.85. The molecule has 1 aromatic rings. The Hall–Kier alpha value is -1.38. The molecule has 2 atom stereocenters. The van der Waals surface area contributed by atoms with E-state index < -0.39 is 0 Å². The third kappa shape index (κ3) is 2.81. The van der Waals surface area contributed by atoms with Crippen LogP contribution in [-0.4, -0.2) is 17.4 Å². The molecule has 0 N–H and O–H groups in total. The lowest BCUT2D eigenvalue weighted by Crippen LogP contribution is -2.24. The summed E-state index contributed by atoms with van der Waals surface area (Å²) in [5.41, 5.74) is 0.571. The summed E-state index contributed by atoms with van der Waals surface area (Å²) in [6, 6.07) is 1.75. The fourth-order valence-electron chi connectivity index (χ4n) is 2.24. The van der Waals surface area contributed by atoms with Crippen molar-refractivity contribution in [2.45, 2.75) is 38.7 Å². The van der Waals surface area contributed by atoms with Crippen molar-refractivity contribution < 1.29 is 9.53 Å². The second-order valence-electron chi connectivity index (χ2n) is 4.58. The van der Waals surface area contributed by atoms with Gasteiger partial charge in [0.25, 0.3) is 0 Å². The Bertz CT molecular complexity index is 365. The monoisotopic (exact) mass is 219 g/mol. The molecular formula is C13H17NO2. The standard InChI is InChI=1S/C13H17NO2/c1-10-3-2-4-12(5-10)16-13-6-11(9-15)7-14-8-13/h6-10,12H,2-5H2,1H3. The van der Waals surface area contributed by atoms with Crippen LogP contribution in [0, 0.1) is 5.92 Å². The number of aldehydes is 1. The Labute approximate surface area is 95.8 Å². The molecule has 1 aliphatic rings. The van der Waals surface area contributed by atoms with Gasteiger partial charge in [0.1, 0.15) is 5.75 Å². The van der Waals surface area contributed by atoms with E-state index in [2.05, 4.69) is 11.9 Å². The van der Waals surface area contributed by atoms with Crippen LogP contribution in [0.2, 0.25) is 0 Å². The van der Waals surface area contributed by atoms with Crippen LogP contribution in [0.4, 0.5) is 0 Å². The summed E-state index contributed by atoms with van der Waals surface area (Å²) in [5, 5.41) is 0. The fourth-order valence-corrected chi connectivity index (χ4v) is 2.24. The highest BCUT2D eigenvalue weighted by molar-refractivity contribution is 5.74. The second-order valence-corrected chi connectivity index (χ2v) is 4.58. The third-order valence-electron chi connectivity index (χ3n) is 3.06. The smallest absolute Gasteiger partial charge is 0.151 e. The second kappa shape index (κ2) is 5.10. The summed E-state index contributed by atoms with van der Waals surface area (Å²) in [7, 11) is 0. The molecule has 86 valence electrons. The maximum absolute atomic E-state index is 10.6. The molecule has 0 aliphatic heterocycles. The van der Waals surface area contributed by atoms with E-state index in [0.717, 1.165) is 25.0 Å². The van der Waals surface area contributed by atoms with Crippen LogP contribution in [0.5, 0.6) is 5.75 Å². The Morgan fingerprint density at radius 1 is 1.44 bits per heavy atom. The van der Waals surface area contributed by atoms with E-state index in [-0.39, 0.29) is 6.10 Å². The van der Waals surface area contributed by atoms with Crippen molar-refractivity contribution in [2.75, 3.05) is 0 Å². The maximum atomic E-state index is 10.6.